The first kappa shape index (κ1) is 19.5. The number of aromatic amines is 1. The zero-order valence-electron chi connectivity index (χ0n) is 17.3. The number of allylic oxidation sites excluding steroid dienone is 1. The lowest BCUT2D eigenvalue weighted by molar-refractivity contribution is 0.381. The molecule has 0 radical (unpaired) electrons. The van der Waals surface area contributed by atoms with Gasteiger partial charge in [0.2, 0.25) is 0 Å². The molecule has 2 aromatic carbocycles. The van der Waals surface area contributed by atoms with Gasteiger partial charge < -0.3 is 9.88 Å². The Balaban J connectivity index is 1.81. The summed E-state index contributed by atoms with van der Waals surface area (Å²) in [5.74, 6) is 0.982. The van der Waals surface area contributed by atoms with Gasteiger partial charge in [0, 0.05) is 22.8 Å². The zero-order valence-corrected chi connectivity index (χ0v) is 18.0. The van der Waals surface area contributed by atoms with Crippen LogP contribution in [0.2, 0.25) is 5.02 Å². The monoisotopic (exact) mass is 404 g/mol. The Morgan fingerprint density at radius 1 is 1.38 bits per heavy atom. The number of halogens is 1. The third-order valence-corrected chi connectivity index (χ3v) is 6.21. The molecule has 1 aliphatic rings. The molecule has 1 unspecified atom stereocenters. The highest BCUT2D eigenvalue weighted by atomic mass is 35.5. The Morgan fingerprint density at radius 2 is 2.14 bits per heavy atom. The van der Waals surface area contributed by atoms with E-state index in [0.29, 0.717) is 22.3 Å². The lowest BCUT2D eigenvalue weighted by atomic mass is 9.79. The van der Waals surface area contributed by atoms with Crippen LogP contribution < -0.4 is 4.90 Å². The summed E-state index contributed by atoms with van der Waals surface area (Å²) in [5, 5.41) is 10.4. The van der Waals surface area contributed by atoms with Gasteiger partial charge in [-0.15, -0.1) is 0 Å². The van der Waals surface area contributed by atoms with Gasteiger partial charge in [0.25, 0.3) is 0 Å². The van der Waals surface area contributed by atoms with Crippen molar-refractivity contribution in [1.29, 1.82) is 5.26 Å². The van der Waals surface area contributed by atoms with Gasteiger partial charge >= 0.3 is 0 Å². The van der Waals surface area contributed by atoms with Gasteiger partial charge in [-0.1, -0.05) is 30.7 Å². The number of anilines is 1. The number of benzene rings is 2. The molecule has 3 aromatic rings. The summed E-state index contributed by atoms with van der Waals surface area (Å²) in [6.07, 6.45) is 2.91. The topological polar surface area (TPSA) is 55.7 Å². The molecular weight excluding hydrogens is 380 g/mol. The van der Waals surface area contributed by atoms with Crippen LogP contribution in [0.3, 0.4) is 0 Å². The number of para-hydroxylation sites is 2. The van der Waals surface area contributed by atoms with Crippen molar-refractivity contribution >= 4 is 40.0 Å². The number of nitrogens with zero attached hydrogens (tertiary/aromatic N) is 3. The SMILES string of the molecule is CCN1c2cc(Cl)c(/C=C(\C#N)c3nc4ccccc4[nH]3)cc2C(C)CC1(C)C. The number of aromatic nitrogens is 2. The number of hydrogen-bond donors (Lipinski definition) is 1. The van der Waals surface area contributed by atoms with E-state index in [1.165, 1.54) is 11.3 Å². The molecule has 29 heavy (non-hydrogen) atoms. The molecule has 1 N–H and O–H groups in total. The van der Waals surface area contributed by atoms with Crippen molar-refractivity contribution in [1.82, 2.24) is 9.97 Å². The number of H-pyrrole nitrogens is 1. The minimum absolute atomic E-state index is 0.0912. The van der Waals surface area contributed by atoms with Crippen molar-refractivity contribution in [2.45, 2.75) is 45.6 Å². The summed E-state index contributed by atoms with van der Waals surface area (Å²) in [6, 6.07) is 14.2. The average Bonchev–Trinajstić information content (AvgIpc) is 3.10. The Bertz CT molecular complexity index is 1120. The van der Waals surface area contributed by atoms with E-state index in [-0.39, 0.29) is 5.54 Å². The summed E-state index contributed by atoms with van der Waals surface area (Å²) in [7, 11) is 0. The number of hydrogen-bond acceptors (Lipinski definition) is 3. The van der Waals surface area contributed by atoms with Crippen LogP contribution in [-0.4, -0.2) is 22.1 Å². The van der Waals surface area contributed by atoms with Gasteiger partial charge in [-0.3, -0.25) is 0 Å². The molecule has 0 amide bonds. The maximum atomic E-state index is 9.77. The van der Waals surface area contributed by atoms with Gasteiger partial charge in [0.1, 0.15) is 11.9 Å². The smallest absolute Gasteiger partial charge is 0.149 e. The molecule has 1 aromatic heterocycles. The number of nitrogens with one attached hydrogen (secondary N) is 1. The fourth-order valence-corrected chi connectivity index (χ4v) is 4.83. The largest absolute Gasteiger partial charge is 0.366 e. The molecule has 4 rings (SSSR count). The highest BCUT2D eigenvalue weighted by Gasteiger charge is 2.35. The van der Waals surface area contributed by atoms with Gasteiger partial charge in [-0.25, -0.2) is 4.98 Å². The van der Waals surface area contributed by atoms with E-state index in [1.54, 1.807) is 0 Å². The van der Waals surface area contributed by atoms with Crippen molar-refractivity contribution in [3.8, 4) is 6.07 Å². The highest BCUT2D eigenvalue weighted by Crippen LogP contribution is 2.45. The lowest BCUT2D eigenvalue weighted by Crippen LogP contribution is -2.48. The summed E-state index contributed by atoms with van der Waals surface area (Å²) in [4.78, 5) is 10.2. The quantitative estimate of drug-likeness (QED) is 0.514. The van der Waals surface area contributed by atoms with Crippen LogP contribution in [0.15, 0.2) is 36.4 Å². The summed E-state index contributed by atoms with van der Waals surface area (Å²) in [5.41, 5.74) is 5.64. The number of nitriles is 1. The molecule has 0 aliphatic carbocycles. The first-order valence-corrected chi connectivity index (χ1v) is 10.4. The standard InChI is InChI=1S/C24H25ClN4/c1-5-29-22-12-19(25)16(11-18(22)15(2)13-24(29,3)4)10-17(14-26)23-27-20-8-6-7-9-21(20)28-23/h6-12,15H,5,13H2,1-4H3,(H,27,28)/b17-10+. The second-order valence-electron chi connectivity index (χ2n) is 8.37. The Labute approximate surface area is 176 Å². The second-order valence-corrected chi connectivity index (χ2v) is 8.77. The summed E-state index contributed by atoms with van der Waals surface area (Å²) in [6.45, 7) is 9.94. The molecule has 4 nitrogen and oxygen atoms in total. The first-order chi connectivity index (χ1) is 13.8. The highest BCUT2D eigenvalue weighted by molar-refractivity contribution is 6.32. The first-order valence-electron chi connectivity index (χ1n) is 10.0. The lowest BCUT2D eigenvalue weighted by Gasteiger charge is -2.47. The average molecular weight is 405 g/mol. The minimum Gasteiger partial charge on any atom is -0.366 e. The Hall–Kier alpha value is -2.77. The van der Waals surface area contributed by atoms with Crippen molar-refractivity contribution in [3.05, 3.63) is 58.4 Å². The molecule has 0 bridgehead atoms. The molecule has 1 atom stereocenters. The number of rotatable bonds is 3. The predicted octanol–water partition coefficient (Wildman–Crippen LogP) is 6.39. The third-order valence-electron chi connectivity index (χ3n) is 5.89. The zero-order chi connectivity index (χ0) is 20.8. The molecular formula is C24H25ClN4. The van der Waals surface area contributed by atoms with Crippen LogP contribution in [0.5, 0.6) is 0 Å². The second kappa shape index (κ2) is 7.24. The van der Waals surface area contributed by atoms with Crippen LogP contribution >= 0.6 is 11.6 Å². The maximum Gasteiger partial charge on any atom is 0.149 e. The molecule has 0 spiro atoms. The molecule has 1 aliphatic heterocycles. The van der Waals surface area contributed by atoms with Gasteiger partial charge in [-0.2, -0.15) is 5.26 Å². The minimum atomic E-state index is 0.0912. The molecule has 5 heteroatoms. The van der Waals surface area contributed by atoms with E-state index < -0.39 is 0 Å². The third kappa shape index (κ3) is 3.41. The fourth-order valence-electron chi connectivity index (χ4n) is 4.62. The summed E-state index contributed by atoms with van der Waals surface area (Å²) < 4.78 is 0. The van der Waals surface area contributed by atoms with E-state index >= 15 is 0 Å². The van der Waals surface area contributed by atoms with Crippen LogP contribution in [0.4, 0.5) is 5.69 Å². The Morgan fingerprint density at radius 3 is 2.83 bits per heavy atom. The summed E-state index contributed by atoms with van der Waals surface area (Å²) >= 11 is 6.68. The van der Waals surface area contributed by atoms with Crippen LogP contribution in [0.25, 0.3) is 22.7 Å². The Kier molecular flexibility index (Phi) is 4.88. The number of imidazole rings is 1. The van der Waals surface area contributed by atoms with Crippen LogP contribution in [0, 0.1) is 11.3 Å². The van der Waals surface area contributed by atoms with E-state index in [4.69, 9.17) is 11.6 Å². The van der Waals surface area contributed by atoms with Crippen LogP contribution in [0.1, 0.15) is 57.0 Å². The van der Waals surface area contributed by atoms with Crippen molar-refractivity contribution in [2.24, 2.45) is 0 Å². The molecule has 0 saturated heterocycles. The van der Waals surface area contributed by atoms with Crippen molar-refractivity contribution < 1.29 is 0 Å². The maximum absolute atomic E-state index is 9.77. The van der Waals surface area contributed by atoms with Gasteiger partial charge in [0.15, 0.2) is 0 Å². The van der Waals surface area contributed by atoms with Crippen molar-refractivity contribution in [2.75, 3.05) is 11.4 Å². The van der Waals surface area contributed by atoms with E-state index in [1.807, 2.05) is 30.3 Å². The van der Waals surface area contributed by atoms with E-state index in [0.717, 1.165) is 29.6 Å². The molecule has 0 saturated carbocycles. The molecule has 2 heterocycles. The van der Waals surface area contributed by atoms with Gasteiger partial charge in [-0.05, 0) is 74.6 Å². The molecule has 148 valence electrons. The number of fused-ring (bicyclic) bond motifs is 2. The predicted molar refractivity (Wildman–Crippen MR) is 121 cm³/mol. The normalized spacial score (nSPS) is 18.6. The van der Waals surface area contributed by atoms with E-state index in [2.05, 4.69) is 60.8 Å². The van der Waals surface area contributed by atoms with Gasteiger partial charge in [0.05, 0.1) is 16.6 Å². The molecule has 0 fully saturated rings. The van der Waals surface area contributed by atoms with Crippen LogP contribution in [-0.2, 0) is 0 Å². The van der Waals surface area contributed by atoms with Crippen molar-refractivity contribution in [3.63, 3.8) is 0 Å². The fraction of sp³-hybridized carbons (Fsp3) is 0.333. The van der Waals surface area contributed by atoms with E-state index in [9.17, 15) is 5.26 Å².